The Bertz CT molecular complexity index is 1130. The first kappa shape index (κ1) is 19.9. The van der Waals surface area contributed by atoms with Gasteiger partial charge in [-0.2, -0.15) is 0 Å². The second-order valence-electron chi connectivity index (χ2n) is 7.82. The molecule has 1 aliphatic carbocycles. The lowest BCUT2D eigenvalue weighted by atomic mass is 10.2. The average Bonchev–Trinajstić information content (AvgIpc) is 3.30. The predicted octanol–water partition coefficient (Wildman–Crippen LogP) is 4.34. The molecule has 7 nitrogen and oxygen atoms in total. The van der Waals surface area contributed by atoms with E-state index in [9.17, 15) is 4.79 Å². The van der Waals surface area contributed by atoms with E-state index in [4.69, 9.17) is 26.1 Å². The molecule has 3 aromatic rings. The van der Waals surface area contributed by atoms with Gasteiger partial charge in [-0.25, -0.2) is 9.97 Å². The Morgan fingerprint density at radius 2 is 1.84 bits per heavy atom. The molecule has 1 amide bonds. The lowest BCUT2D eigenvalue weighted by molar-refractivity contribution is 0.0948. The number of nitrogens with zero attached hydrogens (tertiary/aromatic N) is 2. The van der Waals surface area contributed by atoms with Crippen molar-refractivity contribution in [2.24, 2.45) is 0 Å². The quantitative estimate of drug-likeness (QED) is 0.616. The zero-order chi connectivity index (χ0) is 21.2. The van der Waals surface area contributed by atoms with E-state index in [0.717, 1.165) is 29.6 Å². The number of hydrogen-bond donors (Lipinski definition) is 2. The summed E-state index contributed by atoms with van der Waals surface area (Å²) < 4.78 is 11.1. The van der Waals surface area contributed by atoms with Crippen LogP contribution in [0.4, 0.5) is 5.82 Å². The molecule has 0 bridgehead atoms. The number of fused-ring (bicyclic) bond motifs is 2. The van der Waals surface area contributed by atoms with Crippen LogP contribution in [0.5, 0.6) is 11.5 Å². The van der Waals surface area contributed by atoms with E-state index in [1.807, 2.05) is 18.2 Å². The Hall–Kier alpha value is -3.06. The van der Waals surface area contributed by atoms with Gasteiger partial charge in [-0.05, 0) is 49.2 Å². The van der Waals surface area contributed by atoms with E-state index < -0.39 is 0 Å². The van der Waals surface area contributed by atoms with E-state index in [1.165, 1.54) is 12.8 Å². The molecule has 0 atom stereocenters. The van der Waals surface area contributed by atoms with Crippen molar-refractivity contribution in [3.63, 3.8) is 0 Å². The monoisotopic (exact) mass is 438 g/mol. The molecule has 2 aromatic carbocycles. The van der Waals surface area contributed by atoms with Crippen molar-refractivity contribution in [1.29, 1.82) is 0 Å². The smallest absolute Gasteiger partial charge is 0.251 e. The van der Waals surface area contributed by atoms with Crippen LogP contribution in [0.1, 0.15) is 41.9 Å². The molecular formula is C23H23ClN4O3. The first-order valence-electron chi connectivity index (χ1n) is 10.6. The summed E-state index contributed by atoms with van der Waals surface area (Å²) in [4.78, 5) is 22.0. The fourth-order valence-corrected chi connectivity index (χ4v) is 4.22. The second kappa shape index (κ2) is 8.59. The SMILES string of the molecule is O=C(NCc1nc(NC2CCCC2)c2cc(Cl)ccc2n1)c1ccc2c(c1)OCCO2. The highest BCUT2D eigenvalue weighted by atomic mass is 35.5. The van der Waals surface area contributed by atoms with Crippen LogP contribution in [0.3, 0.4) is 0 Å². The van der Waals surface area contributed by atoms with Gasteiger partial charge in [0.2, 0.25) is 0 Å². The highest BCUT2D eigenvalue weighted by Crippen LogP contribution is 2.31. The number of carbonyl (C=O) groups is 1. The van der Waals surface area contributed by atoms with Gasteiger partial charge in [0.1, 0.15) is 19.0 Å². The van der Waals surface area contributed by atoms with Crippen molar-refractivity contribution in [2.45, 2.75) is 38.3 Å². The van der Waals surface area contributed by atoms with Crippen molar-refractivity contribution >= 4 is 34.2 Å². The zero-order valence-electron chi connectivity index (χ0n) is 17.0. The molecular weight excluding hydrogens is 416 g/mol. The largest absolute Gasteiger partial charge is 0.486 e. The molecule has 0 spiro atoms. The Morgan fingerprint density at radius 1 is 1.03 bits per heavy atom. The van der Waals surface area contributed by atoms with Gasteiger partial charge < -0.3 is 20.1 Å². The van der Waals surface area contributed by atoms with Crippen LogP contribution >= 0.6 is 11.6 Å². The first-order valence-corrected chi connectivity index (χ1v) is 10.9. The minimum absolute atomic E-state index is 0.213. The number of ether oxygens (including phenoxy) is 2. The number of nitrogens with one attached hydrogen (secondary N) is 2. The molecule has 0 unspecified atom stereocenters. The second-order valence-corrected chi connectivity index (χ2v) is 8.25. The molecule has 31 heavy (non-hydrogen) atoms. The van der Waals surface area contributed by atoms with Gasteiger partial charge in [0.15, 0.2) is 17.3 Å². The van der Waals surface area contributed by atoms with Crippen molar-refractivity contribution in [2.75, 3.05) is 18.5 Å². The van der Waals surface area contributed by atoms with Crippen molar-refractivity contribution in [3.8, 4) is 11.5 Å². The molecule has 0 saturated heterocycles. The maximum absolute atomic E-state index is 12.7. The molecule has 1 fully saturated rings. The topological polar surface area (TPSA) is 85.4 Å². The predicted molar refractivity (Wildman–Crippen MR) is 119 cm³/mol. The molecule has 1 aliphatic heterocycles. The highest BCUT2D eigenvalue weighted by molar-refractivity contribution is 6.31. The lowest BCUT2D eigenvalue weighted by Gasteiger charge is -2.18. The van der Waals surface area contributed by atoms with E-state index in [-0.39, 0.29) is 12.5 Å². The number of rotatable bonds is 5. The maximum Gasteiger partial charge on any atom is 0.251 e. The van der Waals surface area contributed by atoms with Gasteiger partial charge in [-0.3, -0.25) is 4.79 Å². The van der Waals surface area contributed by atoms with Crippen LogP contribution in [-0.4, -0.2) is 35.1 Å². The number of benzene rings is 2. The van der Waals surface area contributed by atoms with Crippen LogP contribution in [0.15, 0.2) is 36.4 Å². The summed E-state index contributed by atoms with van der Waals surface area (Å²) in [5, 5.41) is 7.99. The fourth-order valence-electron chi connectivity index (χ4n) is 4.05. The Morgan fingerprint density at radius 3 is 2.68 bits per heavy atom. The van der Waals surface area contributed by atoms with Crippen LogP contribution in [-0.2, 0) is 6.54 Å². The van der Waals surface area contributed by atoms with Crippen molar-refractivity contribution in [3.05, 3.63) is 52.8 Å². The average molecular weight is 439 g/mol. The Labute approximate surface area is 185 Å². The van der Waals surface area contributed by atoms with E-state index >= 15 is 0 Å². The zero-order valence-corrected chi connectivity index (χ0v) is 17.7. The van der Waals surface area contributed by atoms with Crippen LogP contribution in [0, 0.1) is 0 Å². The molecule has 8 heteroatoms. The standard InChI is InChI=1S/C23H23ClN4O3/c24-15-6-7-18-17(12-15)22(26-16-3-1-2-4-16)28-21(27-18)13-25-23(29)14-5-8-19-20(11-14)31-10-9-30-19/h5-8,11-12,16H,1-4,9-10,13H2,(H,25,29)(H,26,27,28). The normalized spacial score (nSPS) is 15.8. The first-order chi connectivity index (χ1) is 15.2. The minimum Gasteiger partial charge on any atom is -0.486 e. The third kappa shape index (κ3) is 4.37. The third-order valence-electron chi connectivity index (χ3n) is 5.61. The van der Waals surface area contributed by atoms with Crippen LogP contribution in [0.25, 0.3) is 10.9 Å². The van der Waals surface area contributed by atoms with Crippen LogP contribution < -0.4 is 20.1 Å². The molecule has 5 rings (SSSR count). The Balaban J connectivity index is 1.36. The van der Waals surface area contributed by atoms with Gasteiger partial charge in [0.05, 0.1) is 12.1 Å². The number of amides is 1. The molecule has 160 valence electrons. The number of anilines is 1. The third-order valence-corrected chi connectivity index (χ3v) is 5.85. The fraction of sp³-hybridized carbons (Fsp3) is 0.348. The van der Waals surface area contributed by atoms with Gasteiger partial charge in [-0.15, -0.1) is 0 Å². The maximum atomic E-state index is 12.7. The van der Waals surface area contributed by atoms with E-state index in [0.29, 0.717) is 47.2 Å². The minimum atomic E-state index is -0.220. The summed E-state index contributed by atoms with van der Waals surface area (Å²) in [5.74, 6) is 2.33. The molecule has 1 saturated carbocycles. The van der Waals surface area contributed by atoms with Crippen LogP contribution in [0.2, 0.25) is 5.02 Å². The van der Waals surface area contributed by atoms with Gasteiger partial charge in [-0.1, -0.05) is 24.4 Å². The van der Waals surface area contributed by atoms with Crippen molar-refractivity contribution in [1.82, 2.24) is 15.3 Å². The summed E-state index contributed by atoms with van der Waals surface area (Å²) >= 11 is 6.21. The summed E-state index contributed by atoms with van der Waals surface area (Å²) in [6.45, 7) is 1.20. The summed E-state index contributed by atoms with van der Waals surface area (Å²) in [6.07, 6.45) is 4.70. The van der Waals surface area contributed by atoms with E-state index in [2.05, 4.69) is 15.6 Å². The number of carbonyl (C=O) groups excluding carboxylic acids is 1. The molecule has 2 heterocycles. The van der Waals surface area contributed by atoms with Gasteiger partial charge in [0, 0.05) is 22.0 Å². The number of hydrogen-bond acceptors (Lipinski definition) is 6. The molecule has 2 aliphatic rings. The van der Waals surface area contributed by atoms with Crippen molar-refractivity contribution < 1.29 is 14.3 Å². The highest BCUT2D eigenvalue weighted by Gasteiger charge is 2.19. The van der Waals surface area contributed by atoms with Gasteiger partial charge in [0.25, 0.3) is 5.91 Å². The Kier molecular flexibility index (Phi) is 5.51. The number of halogens is 1. The summed E-state index contributed by atoms with van der Waals surface area (Å²) in [6, 6.07) is 11.1. The molecule has 0 radical (unpaired) electrons. The lowest BCUT2D eigenvalue weighted by Crippen LogP contribution is -2.25. The summed E-state index contributed by atoms with van der Waals surface area (Å²) in [7, 11) is 0. The van der Waals surface area contributed by atoms with E-state index in [1.54, 1.807) is 18.2 Å². The summed E-state index contributed by atoms with van der Waals surface area (Å²) in [5.41, 5.74) is 1.30. The number of aromatic nitrogens is 2. The molecule has 2 N–H and O–H groups in total. The molecule has 1 aromatic heterocycles. The van der Waals surface area contributed by atoms with Gasteiger partial charge >= 0.3 is 0 Å².